The van der Waals surface area contributed by atoms with Gasteiger partial charge in [0.15, 0.2) is 6.23 Å². The molecule has 1 fully saturated rings. The number of para-hydroxylation sites is 1. The third kappa shape index (κ3) is 5.39. The van der Waals surface area contributed by atoms with Crippen LogP contribution in [0.25, 0.3) is 22.2 Å². The Balaban J connectivity index is 1.55. The molecule has 0 spiro atoms. The Hall–Kier alpha value is -2.88. The third-order valence-corrected chi connectivity index (χ3v) is 10.2. The molecule has 1 aliphatic carbocycles. The average Bonchev–Trinajstić information content (AvgIpc) is 3.16. The molecule has 0 radical (unpaired) electrons. The SMILES string of the molecule is CN1CCCCS(=O)(=O)NC(=O)c2ccc3c(C4CCCCC4)c4n(c3c2)C[C@@H](Oc2ccccc2-4)N(C)CC1. The molecule has 3 heterocycles. The molecule has 1 amide bonds. The van der Waals surface area contributed by atoms with E-state index in [-0.39, 0.29) is 12.0 Å². The lowest BCUT2D eigenvalue weighted by atomic mass is 9.81. The van der Waals surface area contributed by atoms with E-state index in [1.54, 1.807) is 6.07 Å². The predicted molar refractivity (Wildman–Crippen MR) is 158 cm³/mol. The number of hydrogen-bond donors (Lipinski definition) is 1. The van der Waals surface area contributed by atoms with E-state index in [0.717, 1.165) is 61.1 Å². The highest BCUT2D eigenvalue weighted by atomic mass is 32.2. The maximum atomic E-state index is 13.2. The van der Waals surface area contributed by atoms with Crippen molar-refractivity contribution in [3.05, 3.63) is 53.6 Å². The number of nitrogens with zero attached hydrogens (tertiary/aromatic N) is 3. The van der Waals surface area contributed by atoms with Gasteiger partial charge in [0.05, 0.1) is 18.0 Å². The molecule has 1 N–H and O–H groups in total. The molecule has 8 nitrogen and oxygen atoms in total. The van der Waals surface area contributed by atoms with Crippen molar-refractivity contribution in [2.75, 3.05) is 39.5 Å². The normalized spacial score (nSPS) is 23.4. The van der Waals surface area contributed by atoms with Crippen molar-refractivity contribution in [2.24, 2.45) is 0 Å². The van der Waals surface area contributed by atoms with Gasteiger partial charge in [-0.05, 0) is 82.1 Å². The van der Waals surface area contributed by atoms with Crippen molar-refractivity contribution in [1.29, 1.82) is 0 Å². The van der Waals surface area contributed by atoms with Gasteiger partial charge in [-0.2, -0.15) is 0 Å². The largest absolute Gasteiger partial charge is 0.473 e. The lowest BCUT2D eigenvalue weighted by molar-refractivity contribution is 0.0301. The van der Waals surface area contributed by atoms with E-state index < -0.39 is 15.9 Å². The van der Waals surface area contributed by atoms with Crippen molar-refractivity contribution in [3.63, 3.8) is 0 Å². The van der Waals surface area contributed by atoms with Crippen LogP contribution in [0.15, 0.2) is 42.5 Å². The van der Waals surface area contributed by atoms with Crippen LogP contribution >= 0.6 is 0 Å². The zero-order valence-electron chi connectivity index (χ0n) is 23.6. The minimum absolute atomic E-state index is 0.0617. The Morgan fingerprint density at radius 3 is 2.55 bits per heavy atom. The number of sulfonamides is 1. The van der Waals surface area contributed by atoms with Crippen LogP contribution in [0.2, 0.25) is 0 Å². The fourth-order valence-corrected chi connectivity index (χ4v) is 7.73. The first kappa shape index (κ1) is 27.3. The van der Waals surface area contributed by atoms with Crippen molar-refractivity contribution in [3.8, 4) is 17.0 Å². The molecule has 3 aliphatic rings. The summed E-state index contributed by atoms with van der Waals surface area (Å²) in [6.45, 7) is 3.06. The van der Waals surface area contributed by atoms with Gasteiger partial charge in [0.1, 0.15) is 5.75 Å². The number of aromatic nitrogens is 1. The Kier molecular flexibility index (Phi) is 7.63. The first-order chi connectivity index (χ1) is 19.3. The first-order valence-corrected chi connectivity index (χ1v) is 16.3. The van der Waals surface area contributed by atoms with Crippen molar-refractivity contribution in [1.82, 2.24) is 19.1 Å². The van der Waals surface area contributed by atoms with Gasteiger partial charge in [0, 0.05) is 35.1 Å². The number of benzene rings is 2. The van der Waals surface area contributed by atoms with Crippen molar-refractivity contribution < 1.29 is 17.9 Å². The van der Waals surface area contributed by atoms with Gasteiger partial charge in [-0.1, -0.05) is 37.5 Å². The zero-order chi connectivity index (χ0) is 27.9. The summed E-state index contributed by atoms with van der Waals surface area (Å²) < 4.78 is 36.9. The molecule has 214 valence electrons. The van der Waals surface area contributed by atoms with E-state index in [0.29, 0.717) is 24.4 Å². The molecular weight excluding hydrogens is 524 g/mol. The van der Waals surface area contributed by atoms with Crippen LogP contribution in [0, 0.1) is 0 Å². The van der Waals surface area contributed by atoms with E-state index in [9.17, 15) is 13.2 Å². The highest BCUT2D eigenvalue weighted by molar-refractivity contribution is 7.90. The van der Waals surface area contributed by atoms with E-state index in [1.807, 2.05) is 18.2 Å². The summed E-state index contributed by atoms with van der Waals surface area (Å²) in [7, 11) is 0.456. The first-order valence-electron chi connectivity index (χ1n) is 14.7. The fraction of sp³-hybridized carbons (Fsp3) is 0.516. The van der Waals surface area contributed by atoms with E-state index in [4.69, 9.17) is 4.74 Å². The molecule has 2 aromatic carbocycles. The number of likely N-dealkylation sites (N-methyl/N-ethyl adjacent to an activating group) is 2. The van der Waals surface area contributed by atoms with Gasteiger partial charge in [-0.15, -0.1) is 0 Å². The summed E-state index contributed by atoms with van der Waals surface area (Å²) >= 11 is 0. The summed E-state index contributed by atoms with van der Waals surface area (Å²) in [6.07, 6.45) is 7.03. The maximum absolute atomic E-state index is 13.2. The molecular formula is C31H40N4O4S. The molecule has 3 aromatic rings. The van der Waals surface area contributed by atoms with Crippen LogP contribution < -0.4 is 9.46 Å². The van der Waals surface area contributed by atoms with Gasteiger partial charge in [-0.25, -0.2) is 13.1 Å². The molecule has 9 heteroatoms. The van der Waals surface area contributed by atoms with Gasteiger partial charge >= 0.3 is 0 Å². The Labute approximate surface area is 237 Å². The maximum Gasteiger partial charge on any atom is 0.264 e. The number of ether oxygens (including phenoxy) is 1. The molecule has 6 rings (SSSR count). The quantitative estimate of drug-likeness (QED) is 0.458. The van der Waals surface area contributed by atoms with Crippen LogP contribution in [0.5, 0.6) is 5.75 Å². The lowest BCUT2D eigenvalue weighted by Crippen LogP contribution is -2.43. The van der Waals surface area contributed by atoms with Crippen LogP contribution in [0.3, 0.4) is 0 Å². The summed E-state index contributed by atoms with van der Waals surface area (Å²) in [5.41, 5.74) is 4.91. The minimum atomic E-state index is -3.72. The van der Waals surface area contributed by atoms with Crippen LogP contribution in [-0.2, 0) is 16.6 Å². The molecule has 0 unspecified atom stereocenters. The Morgan fingerprint density at radius 1 is 0.925 bits per heavy atom. The summed E-state index contributed by atoms with van der Waals surface area (Å²) in [6, 6.07) is 14.0. The van der Waals surface area contributed by atoms with Gasteiger partial charge in [0.2, 0.25) is 10.0 Å². The highest BCUT2D eigenvalue weighted by Gasteiger charge is 2.33. The smallest absolute Gasteiger partial charge is 0.264 e. The number of rotatable bonds is 1. The predicted octanol–water partition coefficient (Wildman–Crippen LogP) is 4.79. The van der Waals surface area contributed by atoms with Gasteiger partial charge < -0.3 is 14.2 Å². The fourth-order valence-electron chi connectivity index (χ4n) is 6.65. The second-order valence-electron chi connectivity index (χ2n) is 11.7. The lowest BCUT2D eigenvalue weighted by Gasteiger charge is -2.29. The number of nitrogens with one attached hydrogen (secondary N) is 1. The second kappa shape index (κ2) is 11.2. The molecule has 40 heavy (non-hydrogen) atoms. The zero-order valence-corrected chi connectivity index (χ0v) is 24.4. The van der Waals surface area contributed by atoms with Crippen LogP contribution in [0.4, 0.5) is 0 Å². The molecule has 1 saturated carbocycles. The van der Waals surface area contributed by atoms with E-state index in [1.165, 1.54) is 30.5 Å². The molecule has 2 aliphatic heterocycles. The number of carbonyl (C=O) groups excluding carboxylic acids is 1. The van der Waals surface area contributed by atoms with Gasteiger partial charge in [0.25, 0.3) is 5.91 Å². The van der Waals surface area contributed by atoms with Crippen LogP contribution in [0.1, 0.15) is 66.8 Å². The standard InChI is InChI=1S/C31H40N4O4S/c1-33-16-8-9-19-40(37,38)32-31(36)23-14-15-24-26(20-23)35-21-28(34(2)18-17-33)39-27-13-7-6-12-25(27)30(35)29(24)22-10-4-3-5-11-22/h6-7,12-15,20,22,28H,3-5,8-11,16-19,21H2,1-2H3,(H,32,36)/t28-/m1/s1. The number of carbonyl (C=O) groups is 1. The number of fused-ring (bicyclic) bond motifs is 4. The average molecular weight is 565 g/mol. The number of amides is 1. The Morgan fingerprint density at radius 2 is 1.73 bits per heavy atom. The van der Waals surface area contributed by atoms with Crippen molar-refractivity contribution in [2.45, 2.75) is 63.6 Å². The summed E-state index contributed by atoms with van der Waals surface area (Å²) in [5, 5.41) is 1.15. The number of hydrogen-bond acceptors (Lipinski definition) is 6. The summed E-state index contributed by atoms with van der Waals surface area (Å²) in [5.74, 6) is 0.677. The van der Waals surface area contributed by atoms with Gasteiger partial charge in [-0.3, -0.25) is 9.69 Å². The molecule has 0 saturated heterocycles. The second-order valence-corrected chi connectivity index (χ2v) is 13.6. The monoisotopic (exact) mass is 564 g/mol. The Bertz CT molecular complexity index is 1510. The van der Waals surface area contributed by atoms with Crippen molar-refractivity contribution >= 4 is 26.8 Å². The molecule has 1 aromatic heterocycles. The third-order valence-electron chi connectivity index (χ3n) is 8.90. The van der Waals surface area contributed by atoms with E-state index in [2.05, 4.69) is 51.4 Å². The summed E-state index contributed by atoms with van der Waals surface area (Å²) in [4.78, 5) is 17.7. The van der Waals surface area contributed by atoms with E-state index >= 15 is 0 Å². The topological polar surface area (TPSA) is 83.9 Å². The van der Waals surface area contributed by atoms with Crippen LogP contribution in [-0.4, -0.2) is 74.4 Å². The highest BCUT2D eigenvalue weighted by Crippen LogP contribution is 2.47. The minimum Gasteiger partial charge on any atom is -0.473 e. The molecule has 4 bridgehead atoms. The molecule has 1 atom stereocenters.